The number of ether oxygens (including phenoxy) is 1. The smallest absolute Gasteiger partial charge is 0.335 e. The van der Waals surface area contributed by atoms with Crippen LogP contribution in [-0.4, -0.2) is 22.0 Å². The van der Waals surface area contributed by atoms with E-state index < -0.39 is 5.97 Å². The predicted molar refractivity (Wildman–Crippen MR) is 105 cm³/mol. The minimum absolute atomic E-state index is 0.146. The Morgan fingerprint density at radius 2 is 1.71 bits per heavy atom. The molecule has 0 saturated carbocycles. The predicted octanol–water partition coefficient (Wildman–Crippen LogP) is 4.00. The molecule has 0 spiro atoms. The van der Waals surface area contributed by atoms with Gasteiger partial charge in [-0.3, -0.25) is 4.79 Å². The second-order valence-electron chi connectivity index (χ2n) is 6.39. The zero-order valence-electron chi connectivity index (χ0n) is 15.4. The summed E-state index contributed by atoms with van der Waals surface area (Å²) in [7, 11) is 0. The third-order valence-corrected chi connectivity index (χ3v) is 4.47. The highest BCUT2D eigenvalue weighted by atomic mass is 16.5. The van der Waals surface area contributed by atoms with E-state index in [-0.39, 0.29) is 30.1 Å². The van der Waals surface area contributed by atoms with E-state index in [1.165, 1.54) is 12.1 Å². The Labute approximate surface area is 162 Å². The lowest BCUT2D eigenvalue weighted by atomic mass is 9.95. The van der Waals surface area contributed by atoms with Gasteiger partial charge in [0.1, 0.15) is 12.4 Å². The van der Waals surface area contributed by atoms with Crippen LogP contribution >= 0.6 is 0 Å². The molecule has 0 radical (unpaired) electrons. The highest BCUT2D eigenvalue weighted by Crippen LogP contribution is 2.27. The first-order chi connectivity index (χ1) is 13.5. The Balaban J connectivity index is 1.96. The van der Waals surface area contributed by atoms with E-state index in [0.717, 1.165) is 5.56 Å². The van der Waals surface area contributed by atoms with Gasteiger partial charge in [0.2, 0.25) is 0 Å². The van der Waals surface area contributed by atoms with Crippen LogP contribution in [0.2, 0.25) is 0 Å². The van der Waals surface area contributed by atoms with Crippen molar-refractivity contribution in [2.75, 3.05) is 0 Å². The Bertz CT molecular complexity index is 1010. The summed E-state index contributed by atoms with van der Waals surface area (Å²) in [6, 6.07) is 19.1. The summed E-state index contributed by atoms with van der Waals surface area (Å²) in [6.45, 7) is 1.62. The van der Waals surface area contributed by atoms with Crippen LogP contribution in [0.3, 0.4) is 0 Å². The Hall–Kier alpha value is -3.44. The monoisotopic (exact) mass is 376 g/mol. The molecular formula is C23H20O5. The third kappa shape index (κ3) is 4.10. The summed E-state index contributed by atoms with van der Waals surface area (Å²) in [6.07, 6.45) is 0. The Kier molecular flexibility index (Phi) is 5.87. The number of rotatable bonds is 7. The van der Waals surface area contributed by atoms with Crippen molar-refractivity contribution >= 4 is 11.8 Å². The van der Waals surface area contributed by atoms with Gasteiger partial charge < -0.3 is 14.9 Å². The maximum Gasteiger partial charge on any atom is 0.335 e. The van der Waals surface area contributed by atoms with Crippen LogP contribution in [0.25, 0.3) is 0 Å². The number of carbonyl (C=O) groups excluding carboxylic acids is 1. The molecule has 5 nitrogen and oxygen atoms in total. The zero-order chi connectivity index (χ0) is 20.1. The molecule has 28 heavy (non-hydrogen) atoms. The van der Waals surface area contributed by atoms with Crippen molar-refractivity contribution in [1.82, 2.24) is 0 Å². The lowest BCUT2D eigenvalue weighted by Crippen LogP contribution is -2.10. The number of carbonyl (C=O) groups is 2. The number of aryl methyl sites for hydroxylation is 1. The van der Waals surface area contributed by atoms with E-state index in [9.17, 15) is 19.8 Å². The van der Waals surface area contributed by atoms with Crippen molar-refractivity contribution in [3.8, 4) is 5.75 Å². The first-order valence-corrected chi connectivity index (χ1v) is 8.79. The van der Waals surface area contributed by atoms with E-state index in [1.54, 1.807) is 31.2 Å². The summed E-state index contributed by atoms with van der Waals surface area (Å²) in [5, 5.41) is 18.9. The quantitative estimate of drug-likeness (QED) is 0.609. The molecule has 0 heterocycles. The highest BCUT2D eigenvalue weighted by Gasteiger charge is 2.20. The van der Waals surface area contributed by atoms with Gasteiger partial charge in [-0.05, 0) is 41.8 Å². The van der Waals surface area contributed by atoms with Gasteiger partial charge in [0.25, 0.3) is 0 Å². The molecule has 0 saturated heterocycles. The van der Waals surface area contributed by atoms with Crippen LogP contribution in [-0.2, 0) is 13.2 Å². The molecular weight excluding hydrogens is 356 g/mol. The third-order valence-electron chi connectivity index (χ3n) is 4.47. The van der Waals surface area contributed by atoms with Crippen LogP contribution in [0.1, 0.15) is 43.0 Å². The lowest BCUT2D eigenvalue weighted by Gasteiger charge is -2.15. The number of carboxylic acid groups (broad SMARTS) is 1. The molecule has 5 heteroatoms. The van der Waals surface area contributed by atoms with Gasteiger partial charge in [0, 0.05) is 5.56 Å². The average Bonchev–Trinajstić information content (AvgIpc) is 2.71. The fourth-order valence-electron chi connectivity index (χ4n) is 3.01. The van der Waals surface area contributed by atoms with E-state index in [0.29, 0.717) is 22.4 Å². The van der Waals surface area contributed by atoms with Crippen LogP contribution in [0.5, 0.6) is 5.75 Å². The summed E-state index contributed by atoms with van der Waals surface area (Å²) >= 11 is 0. The molecule has 0 unspecified atom stereocenters. The van der Waals surface area contributed by atoms with Gasteiger partial charge in [-0.2, -0.15) is 0 Å². The molecule has 0 aliphatic rings. The average molecular weight is 376 g/mol. The minimum atomic E-state index is -1.04. The Morgan fingerprint density at radius 1 is 0.964 bits per heavy atom. The number of ketones is 1. The zero-order valence-corrected chi connectivity index (χ0v) is 15.4. The summed E-state index contributed by atoms with van der Waals surface area (Å²) in [5.74, 6) is -0.993. The topological polar surface area (TPSA) is 83.8 Å². The van der Waals surface area contributed by atoms with Crippen LogP contribution < -0.4 is 4.74 Å². The number of hydrogen-bond acceptors (Lipinski definition) is 4. The number of aromatic carboxylic acids is 1. The maximum atomic E-state index is 13.2. The number of benzene rings is 3. The summed E-state index contributed by atoms with van der Waals surface area (Å²) in [5.41, 5.74) is 2.67. The normalized spacial score (nSPS) is 10.5. The fraction of sp³-hybridized carbons (Fsp3) is 0.130. The molecule has 0 bridgehead atoms. The summed E-state index contributed by atoms with van der Waals surface area (Å²) < 4.78 is 5.87. The van der Waals surface area contributed by atoms with Gasteiger partial charge in [-0.1, -0.05) is 48.5 Å². The maximum absolute atomic E-state index is 13.2. The fourth-order valence-corrected chi connectivity index (χ4v) is 3.01. The number of hydrogen-bond donors (Lipinski definition) is 2. The van der Waals surface area contributed by atoms with Crippen molar-refractivity contribution < 1.29 is 24.5 Å². The van der Waals surface area contributed by atoms with Gasteiger partial charge in [0.05, 0.1) is 17.7 Å². The van der Waals surface area contributed by atoms with E-state index >= 15 is 0 Å². The molecule has 0 aliphatic carbocycles. The standard InChI is InChI=1S/C23H20O5/c1-15-12-17(10-11-19(15)23(26)27)22(25)21-18(13-24)8-5-9-20(21)28-14-16-6-3-2-4-7-16/h2-12,24H,13-14H2,1H3,(H,26,27). The number of carboxylic acids is 1. The first-order valence-electron chi connectivity index (χ1n) is 8.79. The second kappa shape index (κ2) is 8.50. The first kappa shape index (κ1) is 19.3. The van der Waals surface area contributed by atoms with Crippen LogP contribution in [0.4, 0.5) is 0 Å². The molecule has 0 aliphatic heterocycles. The highest BCUT2D eigenvalue weighted by molar-refractivity contribution is 6.12. The molecule has 0 amide bonds. The number of aliphatic hydroxyl groups is 1. The second-order valence-corrected chi connectivity index (χ2v) is 6.39. The van der Waals surface area contributed by atoms with Crippen molar-refractivity contribution in [1.29, 1.82) is 0 Å². The molecule has 142 valence electrons. The Morgan fingerprint density at radius 3 is 2.36 bits per heavy atom. The van der Waals surface area contributed by atoms with Crippen LogP contribution in [0.15, 0.2) is 66.7 Å². The van der Waals surface area contributed by atoms with Crippen LogP contribution in [0, 0.1) is 6.92 Å². The molecule has 0 fully saturated rings. The molecule has 0 aromatic heterocycles. The van der Waals surface area contributed by atoms with Gasteiger partial charge in [0.15, 0.2) is 5.78 Å². The largest absolute Gasteiger partial charge is 0.488 e. The number of aliphatic hydroxyl groups excluding tert-OH is 1. The molecule has 0 atom stereocenters. The van der Waals surface area contributed by atoms with Crippen molar-refractivity contribution in [2.24, 2.45) is 0 Å². The van der Waals surface area contributed by atoms with E-state index in [1.807, 2.05) is 30.3 Å². The molecule has 3 aromatic carbocycles. The molecule has 3 aromatic rings. The summed E-state index contributed by atoms with van der Waals surface area (Å²) in [4.78, 5) is 24.4. The molecule has 2 N–H and O–H groups in total. The van der Waals surface area contributed by atoms with E-state index in [4.69, 9.17) is 4.74 Å². The van der Waals surface area contributed by atoms with Gasteiger partial charge in [-0.15, -0.1) is 0 Å². The van der Waals surface area contributed by atoms with Gasteiger partial charge in [-0.25, -0.2) is 4.79 Å². The van der Waals surface area contributed by atoms with Crippen molar-refractivity contribution in [3.63, 3.8) is 0 Å². The van der Waals surface area contributed by atoms with E-state index in [2.05, 4.69) is 0 Å². The molecule has 3 rings (SSSR count). The SMILES string of the molecule is Cc1cc(C(=O)c2c(CO)cccc2OCc2ccccc2)ccc1C(=O)O. The van der Waals surface area contributed by atoms with Gasteiger partial charge >= 0.3 is 5.97 Å². The van der Waals surface area contributed by atoms with Crippen molar-refractivity contribution in [2.45, 2.75) is 20.1 Å². The van der Waals surface area contributed by atoms with Crippen molar-refractivity contribution in [3.05, 3.63) is 100 Å². The lowest BCUT2D eigenvalue weighted by molar-refractivity contribution is 0.0695. The minimum Gasteiger partial charge on any atom is -0.488 e.